The first-order valence-corrected chi connectivity index (χ1v) is 11.5. The van der Waals surface area contributed by atoms with E-state index in [1.807, 2.05) is 0 Å². The quantitative estimate of drug-likeness (QED) is 0.373. The van der Waals surface area contributed by atoms with Crippen LogP contribution in [0.2, 0.25) is 5.02 Å². The fourth-order valence-electron chi connectivity index (χ4n) is 2.93. The van der Waals surface area contributed by atoms with Crippen molar-refractivity contribution in [1.29, 1.82) is 0 Å². The number of amides is 1. The summed E-state index contributed by atoms with van der Waals surface area (Å²) in [4.78, 5) is 23.5. The summed E-state index contributed by atoms with van der Waals surface area (Å²) in [5.41, 5.74) is 3.87. The zero-order chi connectivity index (χ0) is 24.0. The van der Waals surface area contributed by atoms with Gasteiger partial charge in [-0.3, -0.25) is 9.10 Å². The molecule has 170 valence electrons. The van der Waals surface area contributed by atoms with Crippen LogP contribution in [0.25, 0.3) is 0 Å². The van der Waals surface area contributed by atoms with Crippen LogP contribution in [0.5, 0.6) is 0 Å². The number of hydrazone groups is 1. The third-order valence-electron chi connectivity index (χ3n) is 4.62. The molecule has 0 aliphatic rings. The maximum Gasteiger partial charge on any atom is 0.335 e. The normalized spacial score (nSPS) is 11.3. The van der Waals surface area contributed by atoms with E-state index in [0.29, 0.717) is 16.1 Å². The molecule has 33 heavy (non-hydrogen) atoms. The van der Waals surface area contributed by atoms with Gasteiger partial charge in [-0.25, -0.2) is 18.6 Å². The van der Waals surface area contributed by atoms with Crippen LogP contribution in [0.1, 0.15) is 21.5 Å². The van der Waals surface area contributed by atoms with Crippen molar-refractivity contribution in [3.63, 3.8) is 0 Å². The van der Waals surface area contributed by atoms with Crippen LogP contribution in [0.3, 0.4) is 0 Å². The van der Waals surface area contributed by atoms with E-state index in [-0.39, 0.29) is 16.1 Å². The lowest BCUT2D eigenvalue weighted by atomic mass is 10.1. The van der Waals surface area contributed by atoms with Gasteiger partial charge < -0.3 is 5.11 Å². The van der Waals surface area contributed by atoms with Crippen molar-refractivity contribution in [1.82, 2.24) is 5.43 Å². The number of benzene rings is 3. The van der Waals surface area contributed by atoms with Gasteiger partial charge in [0.15, 0.2) is 0 Å². The van der Waals surface area contributed by atoms with Crippen LogP contribution in [-0.4, -0.2) is 38.2 Å². The van der Waals surface area contributed by atoms with Crippen molar-refractivity contribution in [3.05, 3.63) is 94.5 Å². The average Bonchev–Trinajstić information content (AvgIpc) is 2.80. The summed E-state index contributed by atoms with van der Waals surface area (Å²) in [7, 11) is -4.07. The van der Waals surface area contributed by atoms with Crippen LogP contribution in [0.15, 0.2) is 82.8 Å². The first kappa shape index (κ1) is 24.0. The Morgan fingerprint density at radius 1 is 1.06 bits per heavy atom. The predicted molar refractivity (Wildman–Crippen MR) is 126 cm³/mol. The number of rotatable bonds is 8. The lowest BCUT2D eigenvalue weighted by Crippen LogP contribution is -2.40. The summed E-state index contributed by atoms with van der Waals surface area (Å²) < 4.78 is 27.6. The number of carboxylic acids is 1. The third-order valence-corrected chi connectivity index (χ3v) is 6.63. The highest BCUT2D eigenvalue weighted by Gasteiger charge is 2.28. The number of carbonyl (C=O) groups is 2. The molecule has 0 aliphatic heterocycles. The van der Waals surface area contributed by atoms with Gasteiger partial charge in [0.25, 0.3) is 15.9 Å². The number of halogens is 1. The summed E-state index contributed by atoms with van der Waals surface area (Å²) in [6.45, 7) is 1.18. The minimum absolute atomic E-state index is 0.0270. The van der Waals surface area contributed by atoms with E-state index in [9.17, 15) is 18.0 Å². The maximum absolute atomic E-state index is 13.3. The van der Waals surface area contributed by atoms with Crippen LogP contribution >= 0.6 is 11.6 Å². The van der Waals surface area contributed by atoms with Crippen LogP contribution in [-0.2, 0) is 14.8 Å². The SMILES string of the molecule is Cc1ccc(Cl)cc1N(CC(=O)N/N=C\c1ccc(C(=O)O)cc1)S(=O)(=O)c1ccccc1. The molecule has 0 saturated carbocycles. The number of anilines is 1. The van der Waals surface area contributed by atoms with E-state index in [0.717, 1.165) is 4.31 Å². The van der Waals surface area contributed by atoms with Crippen LogP contribution < -0.4 is 9.73 Å². The fourth-order valence-corrected chi connectivity index (χ4v) is 4.59. The third kappa shape index (κ3) is 5.97. The summed E-state index contributed by atoms with van der Waals surface area (Å²) in [5, 5.41) is 13.1. The Morgan fingerprint density at radius 2 is 1.73 bits per heavy atom. The van der Waals surface area contributed by atoms with E-state index in [1.54, 1.807) is 37.3 Å². The highest BCUT2D eigenvalue weighted by atomic mass is 35.5. The minimum Gasteiger partial charge on any atom is -0.478 e. The number of nitrogens with one attached hydrogen (secondary N) is 1. The maximum atomic E-state index is 13.3. The Morgan fingerprint density at radius 3 is 2.36 bits per heavy atom. The number of hydrogen-bond donors (Lipinski definition) is 2. The zero-order valence-corrected chi connectivity index (χ0v) is 19.0. The summed E-state index contributed by atoms with van der Waals surface area (Å²) in [6, 6.07) is 18.4. The van der Waals surface area contributed by atoms with Crippen molar-refractivity contribution < 1.29 is 23.1 Å². The average molecular weight is 486 g/mol. The lowest BCUT2D eigenvalue weighted by Gasteiger charge is -2.25. The second-order valence-corrected chi connectivity index (χ2v) is 9.27. The molecule has 0 spiro atoms. The van der Waals surface area contributed by atoms with Gasteiger partial charge in [-0.2, -0.15) is 5.10 Å². The van der Waals surface area contributed by atoms with Crippen LogP contribution in [0, 0.1) is 6.92 Å². The molecular weight excluding hydrogens is 466 g/mol. The number of hydrogen-bond acceptors (Lipinski definition) is 5. The molecule has 2 N–H and O–H groups in total. The standard InChI is InChI=1S/C23H20ClN3O5S/c1-16-7-12-19(24)13-21(16)27(33(31,32)20-5-3-2-4-6-20)15-22(28)26-25-14-17-8-10-18(11-9-17)23(29)30/h2-14H,15H2,1H3,(H,26,28)(H,29,30)/b25-14-. The Labute approximate surface area is 196 Å². The molecule has 0 radical (unpaired) electrons. The van der Waals surface area contributed by atoms with Gasteiger partial charge in [0.1, 0.15) is 6.54 Å². The predicted octanol–water partition coefficient (Wildman–Crippen LogP) is 3.69. The van der Waals surface area contributed by atoms with Gasteiger partial charge in [-0.15, -0.1) is 0 Å². The Balaban J connectivity index is 1.83. The number of aryl methyl sites for hydroxylation is 1. The van der Waals surface area contributed by atoms with Gasteiger partial charge >= 0.3 is 5.97 Å². The molecule has 0 aromatic heterocycles. The number of carboxylic acid groups (broad SMARTS) is 1. The number of sulfonamides is 1. The van der Waals surface area contributed by atoms with Crippen molar-refractivity contribution >= 4 is 45.4 Å². The molecule has 1 amide bonds. The molecule has 3 aromatic rings. The molecule has 0 fully saturated rings. The molecule has 0 bridgehead atoms. The van der Waals surface area contributed by atoms with Crippen molar-refractivity contribution in [2.24, 2.45) is 5.10 Å². The second kappa shape index (κ2) is 10.3. The first-order chi connectivity index (χ1) is 15.7. The fraction of sp³-hybridized carbons (Fsp3) is 0.0870. The van der Waals surface area contributed by atoms with Crippen molar-refractivity contribution in [2.45, 2.75) is 11.8 Å². The smallest absolute Gasteiger partial charge is 0.335 e. The summed E-state index contributed by atoms with van der Waals surface area (Å²) in [6.07, 6.45) is 1.32. The van der Waals surface area contributed by atoms with Gasteiger partial charge in [-0.05, 0) is 54.4 Å². The molecule has 0 saturated heterocycles. The molecule has 0 aliphatic carbocycles. The Bertz CT molecular complexity index is 1290. The highest BCUT2D eigenvalue weighted by Crippen LogP contribution is 2.29. The molecule has 0 atom stereocenters. The Hall–Kier alpha value is -3.69. The molecule has 0 heterocycles. The van der Waals surface area contributed by atoms with Gasteiger partial charge in [0.2, 0.25) is 0 Å². The molecule has 10 heteroatoms. The van der Waals surface area contributed by atoms with E-state index in [1.165, 1.54) is 48.7 Å². The molecular formula is C23H20ClN3O5S. The molecule has 0 unspecified atom stereocenters. The Kier molecular flexibility index (Phi) is 7.47. The molecule has 3 aromatic carbocycles. The zero-order valence-electron chi connectivity index (χ0n) is 17.5. The first-order valence-electron chi connectivity index (χ1n) is 9.67. The van der Waals surface area contributed by atoms with E-state index >= 15 is 0 Å². The van der Waals surface area contributed by atoms with Gasteiger partial charge in [-0.1, -0.05) is 48.0 Å². The van der Waals surface area contributed by atoms with E-state index < -0.39 is 28.4 Å². The van der Waals surface area contributed by atoms with Crippen LogP contribution in [0.4, 0.5) is 5.69 Å². The molecule has 3 rings (SSSR count). The topological polar surface area (TPSA) is 116 Å². The van der Waals surface area contributed by atoms with Crippen molar-refractivity contribution in [3.8, 4) is 0 Å². The highest BCUT2D eigenvalue weighted by molar-refractivity contribution is 7.92. The molecule has 8 nitrogen and oxygen atoms in total. The largest absolute Gasteiger partial charge is 0.478 e. The minimum atomic E-state index is -4.07. The lowest BCUT2D eigenvalue weighted by molar-refractivity contribution is -0.119. The van der Waals surface area contributed by atoms with Crippen molar-refractivity contribution in [2.75, 3.05) is 10.8 Å². The number of aromatic carboxylic acids is 1. The van der Waals surface area contributed by atoms with Gasteiger partial charge in [0.05, 0.1) is 22.4 Å². The summed E-state index contributed by atoms with van der Waals surface area (Å²) in [5.74, 6) is -1.73. The number of nitrogens with zero attached hydrogens (tertiary/aromatic N) is 2. The van der Waals surface area contributed by atoms with Gasteiger partial charge in [0, 0.05) is 5.02 Å². The monoisotopic (exact) mass is 485 g/mol. The number of carbonyl (C=O) groups excluding carboxylic acids is 1. The second-order valence-electron chi connectivity index (χ2n) is 6.98. The van der Waals surface area contributed by atoms with E-state index in [4.69, 9.17) is 16.7 Å². The van der Waals surface area contributed by atoms with E-state index in [2.05, 4.69) is 10.5 Å². The summed E-state index contributed by atoms with van der Waals surface area (Å²) >= 11 is 6.09.